The minimum Gasteiger partial charge on any atom is -0.375 e. The summed E-state index contributed by atoms with van der Waals surface area (Å²) < 4.78 is 8.46. The molecule has 0 N–H and O–H groups in total. The first-order valence-electron chi connectivity index (χ1n) is 7.81. The number of halogens is 1. The number of ether oxygens (including phenoxy) is 1. The van der Waals surface area contributed by atoms with E-state index in [4.69, 9.17) is 4.74 Å². The van der Waals surface area contributed by atoms with Crippen LogP contribution >= 0.6 is 15.9 Å². The van der Waals surface area contributed by atoms with Crippen molar-refractivity contribution in [2.24, 2.45) is 0 Å². The Labute approximate surface area is 144 Å². The van der Waals surface area contributed by atoms with E-state index in [0.717, 1.165) is 22.3 Å². The lowest BCUT2D eigenvalue weighted by Crippen LogP contribution is -2.45. The van der Waals surface area contributed by atoms with Gasteiger partial charge in [0.1, 0.15) is 0 Å². The van der Waals surface area contributed by atoms with Crippen LogP contribution in [0, 0.1) is 6.92 Å². The number of nitrogens with zero attached hydrogens (tertiary/aromatic N) is 3. The number of aromatic nitrogens is 2. The van der Waals surface area contributed by atoms with E-state index in [-0.39, 0.29) is 12.0 Å². The van der Waals surface area contributed by atoms with Crippen molar-refractivity contribution in [2.75, 3.05) is 19.7 Å². The largest absolute Gasteiger partial charge is 0.375 e. The number of carbonyl (C=O) groups is 1. The molecule has 3 rings (SSSR count). The van der Waals surface area contributed by atoms with Crippen molar-refractivity contribution >= 4 is 21.8 Å². The van der Waals surface area contributed by atoms with Crippen LogP contribution in [0.1, 0.15) is 29.4 Å². The van der Waals surface area contributed by atoms with Gasteiger partial charge in [-0.1, -0.05) is 22.9 Å². The summed E-state index contributed by atoms with van der Waals surface area (Å²) in [5.41, 5.74) is 2.46. The molecular formula is C17H20BrN3O2. The Morgan fingerprint density at radius 3 is 2.83 bits per heavy atom. The van der Waals surface area contributed by atoms with Gasteiger partial charge in [0.25, 0.3) is 5.91 Å². The molecule has 0 spiro atoms. The van der Waals surface area contributed by atoms with Gasteiger partial charge >= 0.3 is 0 Å². The molecule has 1 aliphatic rings. The molecule has 0 bridgehead atoms. The Morgan fingerprint density at radius 2 is 2.13 bits per heavy atom. The fraction of sp³-hybridized carbons (Fsp3) is 0.412. The summed E-state index contributed by atoms with van der Waals surface area (Å²) in [6.45, 7) is 5.90. The van der Waals surface area contributed by atoms with Gasteiger partial charge in [-0.25, -0.2) is 4.68 Å². The molecular weight excluding hydrogens is 358 g/mol. The highest BCUT2D eigenvalue weighted by molar-refractivity contribution is 9.10. The van der Waals surface area contributed by atoms with Crippen LogP contribution in [0.5, 0.6) is 0 Å². The van der Waals surface area contributed by atoms with Crippen molar-refractivity contribution in [2.45, 2.75) is 26.4 Å². The molecule has 1 atom stereocenters. The van der Waals surface area contributed by atoms with Gasteiger partial charge in [0, 0.05) is 17.6 Å². The van der Waals surface area contributed by atoms with E-state index in [1.807, 2.05) is 36.1 Å². The zero-order chi connectivity index (χ0) is 16.4. The first kappa shape index (κ1) is 16.2. The molecule has 1 aromatic heterocycles. The van der Waals surface area contributed by atoms with Gasteiger partial charge in [-0.05, 0) is 37.6 Å². The highest BCUT2D eigenvalue weighted by atomic mass is 79.9. The van der Waals surface area contributed by atoms with Gasteiger partial charge in [0.2, 0.25) is 0 Å². The highest BCUT2D eigenvalue weighted by Crippen LogP contribution is 2.19. The summed E-state index contributed by atoms with van der Waals surface area (Å²) in [5, 5.41) is 4.39. The molecule has 0 aliphatic carbocycles. The molecule has 1 aliphatic heterocycles. The maximum Gasteiger partial charge on any atom is 0.257 e. The van der Waals surface area contributed by atoms with Crippen molar-refractivity contribution in [1.82, 2.24) is 14.7 Å². The average Bonchev–Trinajstić information content (AvgIpc) is 2.96. The molecule has 2 heterocycles. The van der Waals surface area contributed by atoms with Crippen LogP contribution < -0.4 is 0 Å². The highest BCUT2D eigenvalue weighted by Gasteiger charge is 2.26. The molecule has 2 aromatic rings. The van der Waals surface area contributed by atoms with Gasteiger partial charge in [-0.15, -0.1) is 0 Å². The number of hydrogen-bond acceptors (Lipinski definition) is 3. The van der Waals surface area contributed by atoms with E-state index in [2.05, 4.69) is 28.0 Å². The van der Waals surface area contributed by atoms with E-state index >= 15 is 0 Å². The monoisotopic (exact) mass is 377 g/mol. The fourth-order valence-electron chi connectivity index (χ4n) is 2.78. The van der Waals surface area contributed by atoms with Crippen LogP contribution in [-0.2, 0) is 4.74 Å². The van der Waals surface area contributed by atoms with Gasteiger partial charge < -0.3 is 9.64 Å². The van der Waals surface area contributed by atoms with Crippen LogP contribution in [0.15, 0.2) is 34.9 Å². The molecule has 122 valence electrons. The number of amides is 1. The second-order valence-electron chi connectivity index (χ2n) is 5.68. The Hall–Kier alpha value is -1.66. The number of hydrogen-bond donors (Lipinski definition) is 0. The predicted octanol–water partition coefficient (Wildman–Crippen LogP) is 3.19. The fourth-order valence-corrected chi connectivity index (χ4v) is 3.05. The lowest BCUT2D eigenvalue weighted by Gasteiger charge is -2.32. The Morgan fingerprint density at radius 1 is 1.39 bits per heavy atom. The molecule has 23 heavy (non-hydrogen) atoms. The van der Waals surface area contributed by atoms with Crippen molar-refractivity contribution in [3.63, 3.8) is 0 Å². The van der Waals surface area contributed by atoms with E-state index in [1.165, 1.54) is 0 Å². The quantitative estimate of drug-likeness (QED) is 0.824. The molecule has 1 amide bonds. The Kier molecular flexibility index (Phi) is 4.82. The number of carbonyl (C=O) groups excluding carboxylic acids is 1. The molecule has 1 aromatic carbocycles. The van der Waals surface area contributed by atoms with Gasteiger partial charge in [-0.2, -0.15) is 5.10 Å². The lowest BCUT2D eigenvalue weighted by atomic mass is 10.1. The van der Waals surface area contributed by atoms with E-state index in [0.29, 0.717) is 25.3 Å². The summed E-state index contributed by atoms with van der Waals surface area (Å²) in [7, 11) is 0. The smallest absolute Gasteiger partial charge is 0.257 e. The third-order valence-electron chi connectivity index (χ3n) is 4.19. The molecule has 1 saturated heterocycles. The minimum absolute atomic E-state index is 0.0348. The van der Waals surface area contributed by atoms with Gasteiger partial charge in [0.05, 0.1) is 35.9 Å². The maximum atomic E-state index is 12.8. The Balaban J connectivity index is 1.83. The molecule has 6 heteroatoms. The van der Waals surface area contributed by atoms with Crippen LogP contribution in [-0.4, -0.2) is 46.4 Å². The number of morpholine rings is 1. The maximum absolute atomic E-state index is 12.8. The molecule has 0 saturated carbocycles. The van der Waals surface area contributed by atoms with Gasteiger partial charge in [0.15, 0.2) is 0 Å². The zero-order valence-electron chi connectivity index (χ0n) is 13.3. The summed E-state index contributed by atoms with van der Waals surface area (Å²) >= 11 is 3.43. The average molecular weight is 378 g/mol. The predicted molar refractivity (Wildman–Crippen MR) is 91.9 cm³/mol. The molecule has 0 radical (unpaired) electrons. The first-order valence-corrected chi connectivity index (χ1v) is 8.61. The standard InChI is InChI=1S/C17H20BrN3O2/c1-3-15-11-20(8-9-23-15)17(22)16-10-19-21(12(16)2)14-6-4-13(18)5-7-14/h4-7,10,15H,3,8-9,11H2,1-2H3. The van der Waals surface area contributed by atoms with Gasteiger partial charge in [-0.3, -0.25) is 4.79 Å². The summed E-state index contributed by atoms with van der Waals surface area (Å²) in [5.74, 6) is 0.0348. The number of rotatable bonds is 3. The van der Waals surface area contributed by atoms with Crippen molar-refractivity contribution in [3.8, 4) is 5.69 Å². The topological polar surface area (TPSA) is 47.4 Å². The number of benzene rings is 1. The summed E-state index contributed by atoms with van der Waals surface area (Å²) in [4.78, 5) is 14.7. The van der Waals surface area contributed by atoms with Crippen LogP contribution in [0.25, 0.3) is 5.69 Å². The van der Waals surface area contributed by atoms with Crippen LogP contribution in [0.4, 0.5) is 0 Å². The Bertz CT molecular complexity index is 696. The van der Waals surface area contributed by atoms with E-state index in [1.54, 1.807) is 10.9 Å². The summed E-state index contributed by atoms with van der Waals surface area (Å²) in [6.07, 6.45) is 2.71. The lowest BCUT2D eigenvalue weighted by molar-refractivity contribution is -0.0226. The third kappa shape index (κ3) is 3.33. The zero-order valence-corrected chi connectivity index (χ0v) is 14.9. The normalized spacial score (nSPS) is 18.2. The SMILES string of the molecule is CCC1CN(C(=O)c2cnn(-c3ccc(Br)cc3)c2C)CCO1. The first-order chi connectivity index (χ1) is 11.1. The molecule has 5 nitrogen and oxygen atoms in total. The van der Waals surface area contributed by atoms with E-state index in [9.17, 15) is 4.79 Å². The van der Waals surface area contributed by atoms with Crippen LogP contribution in [0.3, 0.4) is 0 Å². The second kappa shape index (κ2) is 6.84. The van der Waals surface area contributed by atoms with Crippen molar-refractivity contribution < 1.29 is 9.53 Å². The van der Waals surface area contributed by atoms with Crippen LogP contribution in [0.2, 0.25) is 0 Å². The van der Waals surface area contributed by atoms with E-state index < -0.39 is 0 Å². The van der Waals surface area contributed by atoms with Crippen molar-refractivity contribution in [1.29, 1.82) is 0 Å². The minimum atomic E-state index is 0.0348. The van der Waals surface area contributed by atoms with Crippen molar-refractivity contribution in [3.05, 3.63) is 46.2 Å². The molecule has 1 unspecified atom stereocenters. The summed E-state index contributed by atoms with van der Waals surface area (Å²) in [6, 6.07) is 7.87. The third-order valence-corrected chi connectivity index (χ3v) is 4.72. The molecule has 1 fully saturated rings. The second-order valence-corrected chi connectivity index (χ2v) is 6.60.